The maximum atomic E-state index is 5.23. The molecule has 1 aromatic heterocycles. The number of nitrogens with zero attached hydrogens (tertiary/aromatic N) is 2. The first-order chi connectivity index (χ1) is 10.4. The number of methoxy groups -OCH3 is 1. The van der Waals surface area contributed by atoms with Gasteiger partial charge in [0.1, 0.15) is 0 Å². The topological polar surface area (TPSA) is 39.1 Å². The van der Waals surface area contributed by atoms with Gasteiger partial charge in [-0.05, 0) is 37.4 Å². The molecule has 21 heavy (non-hydrogen) atoms. The van der Waals surface area contributed by atoms with Gasteiger partial charge in [-0.2, -0.15) is 0 Å². The molecule has 0 saturated carbocycles. The van der Waals surface area contributed by atoms with Crippen molar-refractivity contribution in [3.05, 3.63) is 48.0 Å². The van der Waals surface area contributed by atoms with Crippen molar-refractivity contribution in [3.8, 4) is 5.69 Å². The summed E-state index contributed by atoms with van der Waals surface area (Å²) in [6.07, 6.45) is 8.59. The number of nitrogens with one attached hydrogen (secondary N) is 1. The summed E-state index contributed by atoms with van der Waals surface area (Å²) >= 11 is 0. The highest BCUT2D eigenvalue weighted by molar-refractivity contribution is 5.43. The fourth-order valence-electron chi connectivity index (χ4n) is 3.04. The number of hydrogen-bond donors (Lipinski definition) is 1. The molecule has 0 amide bonds. The molecule has 112 valence electrons. The van der Waals surface area contributed by atoms with Crippen LogP contribution in [0.3, 0.4) is 0 Å². The van der Waals surface area contributed by atoms with E-state index in [1.54, 1.807) is 7.11 Å². The third-order valence-corrected chi connectivity index (χ3v) is 4.16. The van der Waals surface area contributed by atoms with Gasteiger partial charge in [-0.25, -0.2) is 4.98 Å². The van der Waals surface area contributed by atoms with E-state index in [4.69, 9.17) is 4.74 Å². The number of aromatic nitrogens is 2. The highest BCUT2D eigenvalue weighted by atomic mass is 16.5. The first kappa shape index (κ1) is 14.3. The van der Waals surface area contributed by atoms with Gasteiger partial charge in [0, 0.05) is 13.2 Å². The lowest BCUT2D eigenvalue weighted by molar-refractivity contribution is 0.202. The molecule has 1 unspecified atom stereocenters. The van der Waals surface area contributed by atoms with Gasteiger partial charge >= 0.3 is 0 Å². The summed E-state index contributed by atoms with van der Waals surface area (Å²) < 4.78 is 7.46. The fraction of sp³-hybridized carbons (Fsp3) is 0.471. The zero-order chi connectivity index (χ0) is 14.5. The van der Waals surface area contributed by atoms with E-state index in [2.05, 4.69) is 39.1 Å². The SMILES string of the molecule is COCCc1ccccc1-n1cncc1C1CCCCN1. The van der Waals surface area contributed by atoms with Crippen LogP contribution in [0.2, 0.25) is 0 Å². The Morgan fingerprint density at radius 2 is 2.24 bits per heavy atom. The minimum atomic E-state index is 0.414. The number of benzene rings is 1. The monoisotopic (exact) mass is 285 g/mol. The van der Waals surface area contributed by atoms with Gasteiger partial charge in [0.05, 0.1) is 30.5 Å². The van der Waals surface area contributed by atoms with Crippen molar-refractivity contribution in [1.82, 2.24) is 14.9 Å². The van der Waals surface area contributed by atoms with Crippen LogP contribution in [-0.4, -0.2) is 29.8 Å². The summed E-state index contributed by atoms with van der Waals surface area (Å²) in [6, 6.07) is 8.93. The van der Waals surface area contributed by atoms with Crippen LogP contribution in [0.15, 0.2) is 36.8 Å². The highest BCUT2D eigenvalue weighted by Gasteiger charge is 2.19. The van der Waals surface area contributed by atoms with E-state index in [1.807, 2.05) is 12.5 Å². The van der Waals surface area contributed by atoms with Gasteiger partial charge in [0.15, 0.2) is 0 Å². The largest absolute Gasteiger partial charge is 0.384 e. The van der Waals surface area contributed by atoms with Gasteiger partial charge in [0.2, 0.25) is 0 Å². The normalized spacial score (nSPS) is 18.8. The predicted octanol–water partition coefficient (Wildman–Crippen LogP) is 2.88. The molecule has 1 saturated heterocycles. The Hall–Kier alpha value is -1.65. The lowest BCUT2D eigenvalue weighted by atomic mass is 10.0. The molecule has 1 fully saturated rings. The lowest BCUT2D eigenvalue weighted by Gasteiger charge is -2.25. The summed E-state index contributed by atoms with van der Waals surface area (Å²) in [5.41, 5.74) is 3.78. The quantitative estimate of drug-likeness (QED) is 0.918. The van der Waals surface area contributed by atoms with E-state index < -0.39 is 0 Å². The standard InChI is InChI=1S/C17H23N3O/c1-21-11-9-14-6-2-3-8-16(14)20-13-18-12-17(20)15-7-4-5-10-19-15/h2-3,6,8,12-13,15,19H,4-5,7,9-11H2,1H3. The Kier molecular flexibility index (Phi) is 4.68. The molecule has 1 aliphatic rings. The molecule has 1 N–H and O–H groups in total. The Bertz CT molecular complexity index is 573. The molecule has 4 heteroatoms. The number of para-hydroxylation sites is 1. The smallest absolute Gasteiger partial charge is 0.0994 e. The summed E-state index contributed by atoms with van der Waals surface area (Å²) in [7, 11) is 1.75. The number of ether oxygens (including phenoxy) is 1. The van der Waals surface area contributed by atoms with E-state index in [0.29, 0.717) is 6.04 Å². The van der Waals surface area contributed by atoms with Crippen molar-refractivity contribution in [2.75, 3.05) is 20.3 Å². The Balaban J connectivity index is 1.92. The molecular formula is C17H23N3O. The molecule has 3 rings (SSSR count). The Morgan fingerprint density at radius 3 is 3.05 bits per heavy atom. The van der Waals surface area contributed by atoms with Gasteiger partial charge < -0.3 is 14.6 Å². The molecule has 1 aliphatic heterocycles. The second-order valence-electron chi connectivity index (χ2n) is 5.56. The van der Waals surface area contributed by atoms with E-state index in [0.717, 1.165) is 19.6 Å². The van der Waals surface area contributed by atoms with Crippen LogP contribution in [0.25, 0.3) is 5.69 Å². The highest BCUT2D eigenvalue weighted by Crippen LogP contribution is 2.26. The Morgan fingerprint density at radius 1 is 1.33 bits per heavy atom. The van der Waals surface area contributed by atoms with E-state index in [1.165, 1.54) is 36.2 Å². The van der Waals surface area contributed by atoms with Crippen molar-refractivity contribution >= 4 is 0 Å². The first-order valence-electron chi connectivity index (χ1n) is 7.73. The number of hydrogen-bond acceptors (Lipinski definition) is 3. The summed E-state index contributed by atoms with van der Waals surface area (Å²) in [6.45, 7) is 1.84. The summed E-state index contributed by atoms with van der Waals surface area (Å²) in [4.78, 5) is 4.39. The van der Waals surface area contributed by atoms with Crippen molar-refractivity contribution in [2.24, 2.45) is 0 Å². The van der Waals surface area contributed by atoms with E-state index >= 15 is 0 Å². The lowest BCUT2D eigenvalue weighted by Crippen LogP contribution is -2.28. The fourth-order valence-corrected chi connectivity index (χ4v) is 3.04. The number of imidazole rings is 1. The second kappa shape index (κ2) is 6.87. The Labute approximate surface area is 126 Å². The van der Waals surface area contributed by atoms with Gasteiger partial charge in [0.25, 0.3) is 0 Å². The summed E-state index contributed by atoms with van der Waals surface area (Å²) in [5.74, 6) is 0. The maximum absolute atomic E-state index is 5.23. The van der Waals surface area contributed by atoms with Crippen LogP contribution in [0.4, 0.5) is 0 Å². The van der Waals surface area contributed by atoms with E-state index in [9.17, 15) is 0 Å². The van der Waals surface area contributed by atoms with Gasteiger partial charge in [-0.15, -0.1) is 0 Å². The molecule has 0 bridgehead atoms. The average Bonchev–Trinajstić information content (AvgIpc) is 3.03. The van der Waals surface area contributed by atoms with Crippen LogP contribution in [0.5, 0.6) is 0 Å². The van der Waals surface area contributed by atoms with Crippen molar-refractivity contribution in [3.63, 3.8) is 0 Å². The molecule has 2 heterocycles. The average molecular weight is 285 g/mol. The molecular weight excluding hydrogens is 262 g/mol. The second-order valence-corrected chi connectivity index (χ2v) is 5.56. The van der Waals surface area contributed by atoms with E-state index in [-0.39, 0.29) is 0 Å². The molecule has 0 spiro atoms. The van der Waals surface area contributed by atoms with Gasteiger partial charge in [-0.1, -0.05) is 24.6 Å². The first-order valence-corrected chi connectivity index (χ1v) is 7.73. The zero-order valence-corrected chi connectivity index (χ0v) is 12.6. The third kappa shape index (κ3) is 3.17. The molecule has 2 aromatic rings. The third-order valence-electron chi connectivity index (χ3n) is 4.16. The van der Waals surface area contributed by atoms with Crippen LogP contribution in [0, 0.1) is 0 Å². The molecule has 1 atom stereocenters. The molecule has 0 radical (unpaired) electrons. The number of piperidine rings is 1. The maximum Gasteiger partial charge on any atom is 0.0994 e. The van der Waals surface area contributed by atoms with Crippen LogP contribution < -0.4 is 5.32 Å². The molecule has 1 aromatic carbocycles. The predicted molar refractivity (Wildman–Crippen MR) is 83.7 cm³/mol. The van der Waals surface area contributed by atoms with Crippen LogP contribution >= 0.6 is 0 Å². The minimum Gasteiger partial charge on any atom is -0.384 e. The van der Waals surface area contributed by atoms with Gasteiger partial charge in [-0.3, -0.25) is 0 Å². The van der Waals surface area contributed by atoms with Crippen molar-refractivity contribution < 1.29 is 4.74 Å². The van der Waals surface area contributed by atoms with Crippen molar-refractivity contribution in [2.45, 2.75) is 31.7 Å². The minimum absolute atomic E-state index is 0.414. The van der Waals surface area contributed by atoms with Crippen LogP contribution in [-0.2, 0) is 11.2 Å². The summed E-state index contributed by atoms with van der Waals surface area (Å²) in [5, 5.41) is 3.61. The molecule has 0 aliphatic carbocycles. The number of rotatable bonds is 5. The van der Waals surface area contributed by atoms with Crippen molar-refractivity contribution in [1.29, 1.82) is 0 Å². The molecule has 4 nitrogen and oxygen atoms in total. The van der Waals surface area contributed by atoms with Crippen LogP contribution in [0.1, 0.15) is 36.6 Å². The zero-order valence-electron chi connectivity index (χ0n) is 12.6.